The van der Waals surface area contributed by atoms with Crippen LogP contribution in [0.15, 0.2) is 0 Å². The number of hydrogen-bond donors (Lipinski definition) is 6. The van der Waals surface area contributed by atoms with Gasteiger partial charge in [-0.2, -0.15) is 0 Å². The Kier molecular flexibility index (Phi) is 15.7. The topological polar surface area (TPSA) is 121 Å². The molecule has 0 unspecified atom stereocenters. The molecular weight excluding hydrogens is 204 g/mol. The van der Waals surface area contributed by atoms with E-state index in [1.165, 1.54) is 0 Å². The lowest BCUT2D eigenvalue weighted by atomic mass is 10.1. The van der Waals surface area contributed by atoms with E-state index in [4.69, 9.17) is 30.6 Å². The number of hydrogen-bond acceptors (Lipinski definition) is 6. The predicted octanol–water partition coefficient (Wildman–Crippen LogP) is -2.31. The Labute approximate surface area is 89.4 Å². The Balaban J connectivity index is 0. The van der Waals surface area contributed by atoms with Crippen molar-refractivity contribution in [2.75, 3.05) is 33.0 Å². The number of aliphatic hydroxyl groups excluding tert-OH is 6. The second-order valence-corrected chi connectivity index (χ2v) is 3.12. The molecule has 0 aliphatic carbocycles. The Morgan fingerprint density at radius 3 is 1.40 bits per heavy atom. The van der Waals surface area contributed by atoms with E-state index in [0.717, 1.165) is 0 Å². The van der Waals surface area contributed by atoms with Crippen molar-refractivity contribution in [2.24, 2.45) is 5.92 Å². The van der Waals surface area contributed by atoms with Crippen LogP contribution in [0.4, 0.5) is 0 Å². The van der Waals surface area contributed by atoms with Crippen molar-refractivity contribution in [1.82, 2.24) is 0 Å². The van der Waals surface area contributed by atoms with E-state index < -0.39 is 6.10 Å². The molecule has 6 N–H and O–H groups in total. The van der Waals surface area contributed by atoms with Gasteiger partial charge in [0.2, 0.25) is 0 Å². The lowest BCUT2D eigenvalue weighted by molar-refractivity contribution is 0.0450. The fourth-order valence-corrected chi connectivity index (χ4v) is 0.678. The van der Waals surface area contributed by atoms with Crippen LogP contribution in [0.3, 0.4) is 0 Å². The highest BCUT2D eigenvalue weighted by Gasteiger charge is 2.03. The summed E-state index contributed by atoms with van der Waals surface area (Å²) in [5.41, 5.74) is 0. The minimum atomic E-state index is -0.954. The number of aliphatic hydroxyl groups is 6. The van der Waals surface area contributed by atoms with Crippen LogP contribution >= 0.6 is 0 Å². The van der Waals surface area contributed by atoms with Crippen LogP contribution in [0.5, 0.6) is 0 Å². The smallest absolute Gasteiger partial charge is 0.100 e. The molecule has 0 spiro atoms. The van der Waals surface area contributed by atoms with Gasteiger partial charge in [0.15, 0.2) is 0 Å². The average Bonchev–Trinajstić information content (AvgIpc) is 2.30. The van der Waals surface area contributed by atoms with Crippen LogP contribution in [-0.4, -0.2) is 69.8 Å². The van der Waals surface area contributed by atoms with Gasteiger partial charge in [0.05, 0.1) is 13.2 Å². The lowest BCUT2D eigenvalue weighted by Crippen LogP contribution is -2.15. The molecule has 0 aliphatic rings. The third-order valence-corrected chi connectivity index (χ3v) is 1.71. The fourth-order valence-electron chi connectivity index (χ4n) is 0.678. The number of rotatable bonds is 7. The van der Waals surface area contributed by atoms with E-state index in [0.29, 0.717) is 12.8 Å². The second-order valence-electron chi connectivity index (χ2n) is 3.12. The summed E-state index contributed by atoms with van der Waals surface area (Å²) in [6.45, 7) is -0.573. The summed E-state index contributed by atoms with van der Waals surface area (Å²) < 4.78 is 0. The Morgan fingerprint density at radius 2 is 1.20 bits per heavy atom. The molecule has 0 saturated carbocycles. The van der Waals surface area contributed by atoms with Gasteiger partial charge in [-0.3, -0.25) is 0 Å². The van der Waals surface area contributed by atoms with Gasteiger partial charge >= 0.3 is 0 Å². The van der Waals surface area contributed by atoms with Gasteiger partial charge in [-0.15, -0.1) is 0 Å². The van der Waals surface area contributed by atoms with Crippen LogP contribution < -0.4 is 0 Å². The molecule has 0 amide bonds. The summed E-state index contributed by atoms with van der Waals surface area (Å²) in [6, 6.07) is 0. The van der Waals surface area contributed by atoms with Crippen molar-refractivity contribution in [3.8, 4) is 0 Å². The van der Waals surface area contributed by atoms with Crippen molar-refractivity contribution < 1.29 is 30.6 Å². The van der Waals surface area contributed by atoms with Gasteiger partial charge in [-0.25, -0.2) is 0 Å². The van der Waals surface area contributed by atoms with Crippen LogP contribution in [0.1, 0.15) is 12.8 Å². The first-order valence-corrected chi connectivity index (χ1v) is 4.88. The highest BCUT2D eigenvalue weighted by molar-refractivity contribution is 4.54. The van der Waals surface area contributed by atoms with Gasteiger partial charge in [0.25, 0.3) is 0 Å². The molecule has 0 aromatic rings. The van der Waals surface area contributed by atoms with Gasteiger partial charge in [-0.05, 0) is 12.8 Å². The maximum absolute atomic E-state index is 8.51. The standard InChI is InChI=1S/C6H14O3.C3H8O3/c7-3-1-2-6(4-8)5-9;4-1-3(6)2-5/h6-9H,1-5H2;3-6H,1-2H2. The normalized spacial score (nSPS) is 10.4. The van der Waals surface area contributed by atoms with Crippen molar-refractivity contribution in [3.63, 3.8) is 0 Å². The average molecular weight is 226 g/mol. The van der Waals surface area contributed by atoms with Crippen molar-refractivity contribution in [2.45, 2.75) is 18.9 Å². The minimum absolute atomic E-state index is 0.0104. The van der Waals surface area contributed by atoms with Crippen molar-refractivity contribution in [1.29, 1.82) is 0 Å². The molecule has 6 nitrogen and oxygen atoms in total. The fraction of sp³-hybridized carbons (Fsp3) is 1.00. The second kappa shape index (κ2) is 13.8. The SMILES string of the molecule is OCC(O)CO.OCCCC(CO)CO. The van der Waals surface area contributed by atoms with Gasteiger partial charge in [-0.1, -0.05) is 0 Å². The quantitative estimate of drug-likeness (QED) is 0.290. The molecule has 0 aromatic carbocycles. The van der Waals surface area contributed by atoms with Crippen molar-refractivity contribution >= 4 is 0 Å². The third-order valence-electron chi connectivity index (χ3n) is 1.71. The molecule has 94 valence electrons. The zero-order valence-corrected chi connectivity index (χ0v) is 8.79. The zero-order chi connectivity index (χ0) is 12.1. The van der Waals surface area contributed by atoms with Crippen LogP contribution in [0.25, 0.3) is 0 Å². The molecule has 15 heavy (non-hydrogen) atoms. The van der Waals surface area contributed by atoms with Crippen LogP contribution in [0.2, 0.25) is 0 Å². The molecule has 0 rings (SSSR count). The van der Waals surface area contributed by atoms with Gasteiger partial charge < -0.3 is 30.6 Å². The maximum Gasteiger partial charge on any atom is 0.100 e. The molecule has 0 aliphatic heterocycles. The first kappa shape index (κ1) is 17.2. The maximum atomic E-state index is 8.51. The monoisotopic (exact) mass is 226 g/mol. The van der Waals surface area contributed by atoms with Crippen LogP contribution in [0, 0.1) is 5.92 Å². The van der Waals surface area contributed by atoms with E-state index in [1.807, 2.05) is 0 Å². The largest absolute Gasteiger partial charge is 0.396 e. The molecule has 0 radical (unpaired) electrons. The molecule has 0 saturated heterocycles. The van der Waals surface area contributed by atoms with Gasteiger partial charge in [0.1, 0.15) is 6.10 Å². The molecular formula is C9H22O6. The van der Waals surface area contributed by atoms with E-state index in [-0.39, 0.29) is 39.0 Å². The zero-order valence-electron chi connectivity index (χ0n) is 8.79. The summed E-state index contributed by atoms with van der Waals surface area (Å²) >= 11 is 0. The molecule has 0 heterocycles. The minimum Gasteiger partial charge on any atom is -0.396 e. The summed E-state index contributed by atoms with van der Waals surface area (Å²) in [6.07, 6.45) is 0.403. The van der Waals surface area contributed by atoms with Crippen LogP contribution in [-0.2, 0) is 0 Å². The summed E-state index contributed by atoms with van der Waals surface area (Å²) in [7, 11) is 0. The summed E-state index contributed by atoms with van der Waals surface area (Å²) in [5.74, 6) is -0.0443. The predicted molar refractivity (Wildman–Crippen MR) is 54.2 cm³/mol. The highest BCUT2D eigenvalue weighted by Crippen LogP contribution is 2.02. The Morgan fingerprint density at radius 1 is 0.733 bits per heavy atom. The van der Waals surface area contributed by atoms with E-state index in [1.54, 1.807) is 0 Å². The van der Waals surface area contributed by atoms with E-state index in [9.17, 15) is 0 Å². The first-order chi connectivity index (χ1) is 7.15. The lowest BCUT2D eigenvalue weighted by Gasteiger charge is -2.07. The molecule has 0 bridgehead atoms. The van der Waals surface area contributed by atoms with E-state index >= 15 is 0 Å². The summed E-state index contributed by atoms with van der Waals surface area (Å²) in [4.78, 5) is 0. The third kappa shape index (κ3) is 13.8. The highest BCUT2D eigenvalue weighted by atomic mass is 16.3. The van der Waals surface area contributed by atoms with Gasteiger partial charge in [0, 0.05) is 25.7 Å². The van der Waals surface area contributed by atoms with Crippen molar-refractivity contribution in [3.05, 3.63) is 0 Å². The first-order valence-electron chi connectivity index (χ1n) is 4.88. The molecule has 0 atom stereocenters. The Hall–Kier alpha value is -0.240. The Bertz CT molecular complexity index is 103. The van der Waals surface area contributed by atoms with E-state index in [2.05, 4.69) is 0 Å². The summed E-state index contributed by atoms with van der Waals surface area (Å²) in [5, 5.41) is 49.4. The molecule has 0 fully saturated rings. The molecule has 0 aromatic heterocycles. The molecule has 6 heteroatoms.